The molecule has 0 aliphatic heterocycles. The maximum Gasteiger partial charge on any atom is 0.265 e. The van der Waals surface area contributed by atoms with Crippen molar-refractivity contribution in [2.75, 3.05) is 17.1 Å². The van der Waals surface area contributed by atoms with E-state index in [0.717, 1.165) is 11.1 Å². The number of methoxy groups -OCH3 is 1. The van der Waals surface area contributed by atoms with Gasteiger partial charge in [0.1, 0.15) is 11.5 Å². The fraction of sp³-hybridized carbons (Fsp3) is 0.240. The van der Waals surface area contributed by atoms with Crippen LogP contribution in [0.15, 0.2) is 71.6 Å². The van der Waals surface area contributed by atoms with Crippen LogP contribution < -0.4 is 19.5 Å². The molecular weight excluding hydrogens is 440 g/mol. The number of carbonyl (C=O) groups excluding carboxylic acids is 1. The minimum Gasteiger partial charge on any atom is -0.497 e. The molecule has 3 aromatic carbocycles. The third-order valence-electron chi connectivity index (χ3n) is 5.05. The molecule has 2 N–H and O–H groups in total. The number of ether oxygens (including phenoxy) is 2. The number of sulfonamides is 1. The number of benzene rings is 3. The molecule has 0 aliphatic carbocycles. The van der Waals surface area contributed by atoms with Crippen LogP contribution in [0.2, 0.25) is 0 Å². The standard InChI is InChI=1S/C25H28N2O5S/c1-5-23(32-24-16-17(2)6-7-18(24)3)25(28)26-19-10-14-22(15-11-19)33(29,30)27-20-8-12-21(31-4)13-9-20/h6-16,23,27H,5H2,1-4H3,(H,26,28). The lowest BCUT2D eigenvalue weighted by atomic mass is 10.1. The van der Waals surface area contributed by atoms with E-state index in [1.807, 2.05) is 39.0 Å². The van der Waals surface area contributed by atoms with Gasteiger partial charge in [-0.25, -0.2) is 8.42 Å². The number of anilines is 2. The van der Waals surface area contributed by atoms with Gasteiger partial charge in [-0.3, -0.25) is 9.52 Å². The Morgan fingerprint density at radius 2 is 1.58 bits per heavy atom. The normalized spacial score (nSPS) is 12.0. The Hall–Kier alpha value is -3.52. The summed E-state index contributed by atoms with van der Waals surface area (Å²) in [6, 6.07) is 18.4. The topological polar surface area (TPSA) is 93.7 Å². The molecule has 3 rings (SSSR count). The van der Waals surface area contributed by atoms with E-state index < -0.39 is 16.1 Å². The summed E-state index contributed by atoms with van der Waals surface area (Å²) >= 11 is 0. The first-order valence-electron chi connectivity index (χ1n) is 10.5. The molecule has 0 heterocycles. The van der Waals surface area contributed by atoms with E-state index in [9.17, 15) is 13.2 Å². The fourth-order valence-electron chi connectivity index (χ4n) is 3.12. The van der Waals surface area contributed by atoms with Gasteiger partial charge in [0, 0.05) is 11.4 Å². The van der Waals surface area contributed by atoms with E-state index in [0.29, 0.717) is 29.3 Å². The summed E-state index contributed by atoms with van der Waals surface area (Å²) in [5, 5.41) is 2.80. The third kappa shape index (κ3) is 6.26. The summed E-state index contributed by atoms with van der Waals surface area (Å²) < 4.78 is 38.9. The molecule has 1 atom stereocenters. The van der Waals surface area contributed by atoms with Crippen LogP contribution in [0, 0.1) is 13.8 Å². The zero-order chi connectivity index (χ0) is 24.0. The van der Waals surface area contributed by atoms with Gasteiger partial charge in [-0.1, -0.05) is 19.1 Å². The van der Waals surface area contributed by atoms with Crippen LogP contribution in [0.4, 0.5) is 11.4 Å². The van der Waals surface area contributed by atoms with E-state index in [1.54, 1.807) is 36.4 Å². The Bertz CT molecular complexity index is 1210. The van der Waals surface area contributed by atoms with Gasteiger partial charge in [0.05, 0.1) is 12.0 Å². The molecule has 33 heavy (non-hydrogen) atoms. The van der Waals surface area contributed by atoms with E-state index in [-0.39, 0.29) is 10.8 Å². The van der Waals surface area contributed by atoms with Crippen LogP contribution in [-0.4, -0.2) is 27.5 Å². The first-order chi connectivity index (χ1) is 15.7. The van der Waals surface area contributed by atoms with Gasteiger partial charge in [0.15, 0.2) is 6.10 Å². The molecule has 0 saturated carbocycles. The minimum absolute atomic E-state index is 0.0787. The van der Waals surface area contributed by atoms with Crippen LogP contribution in [0.1, 0.15) is 24.5 Å². The van der Waals surface area contributed by atoms with Crippen LogP contribution >= 0.6 is 0 Å². The van der Waals surface area contributed by atoms with Crippen LogP contribution in [0.3, 0.4) is 0 Å². The number of nitrogens with one attached hydrogen (secondary N) is 2. The van der Waals surface area contributed by atoms with Gasteiger partial charge in [-0.15, -0.1) is 0 Å². The Balaban J connectivity index is 1.67. The summed E-state index contributed by atoms with van der Waals surface area (Å²) in [4.78, 5) is 12.8. The highest BCUT2D eigenvalue weighted by atomic mass is 32.2. The van der Waals surface area contributed by atoms with Gasteiger partial charge in [-0.05, 0) is 86.0 Å². The molecule has 3 aromatic rings. The number of hydrogen-bond acceptors (Lipinski definition) is 5. The van der Waals surface area contributed by atoms with Crippen molar-refractivity contribution in [2.24, 2.45) is 0 Å². The summed E-state index contributed by atoms with van der Waals surface area (Å²) in [6.07, 6.45) is -0.192. The zero-order valence-corrected chi connectivity index (χ0v) is 19.9. The number of rotatable bonds is 9. The SMILES string of the molecule is CCC(Oc1cc(C)ccc1C)C(=O)Nc1ccc(S(=O)(=O)Nc2ccc(OC)cc2)cc1. The average molecular weight is 469 g/mol. The molecule has 1 amide bonds. The smallest absolute Gasteiger partial charge is 0.265 e. The lowest BCUT2D eigenvalue weighted by molar-refractivity contribution is -0.122. The molecule has 7 nitrogen and oxygen atoms in total. The van der Waals surface area contributed by atoms with Crippen molar-refractivity contribution in [1.82, 2.24) is 0 Å². The molecular formula is C25H28N2O5S. The first-order valence-corrected chi connectivity index (χ1v) is 12.0. The molecule has 0 bridgehead atoms. The second-order valence-electron chi connectivity index (χ2n) is 7.63. The largest absolute Gasteiger partial charge is 0.497 e. The monoisotopic (exact) mass is 468 g/mol. The van der Waals surface area contributed by atoms with Crippen molar-refractivity contribution in [1.29, 1.82) is 0 Å². The summed E-state index contributed by atoms with van der Waals surface area (Å²) in [5.41, 5.74) is 2.89. The lowest BCUT2D eigenvalue weighted by Gasteiger charge is -2.19. The van der Waals surface area contributed by atoms with Crippen molar-refractivity contribution in [3.05, 3.63) is 77.9 Å². The Morgan fingerprint density at radius 1 is 0.939 bits per heavy atom. The molecule has 8 heteroatoms. The van der Waals surface area contributed by atoms with Crippen molar-refractivity contribution < 1.29 is 22.7 Å². The first kappa shape index (κ1) is 24.1. The molecule has 0 saturated heterocycles. The van der Waals surface area contributed by atoms with Crippen LogP contribution in [-0.2, 0) is 14.8 Å². The number of amides is 1. The van der Waals surface area contributed by atoms with Gasteiger partial charge in [0.2, 0.25) is 0 Å². The molecule has 0 radical (unpaired) electrons. The fourth-order valence-corrected chi connectivity index (χ4v) is 4.18. The highest BCUT2D eigenvalue weighted by Gasteiger charge is 2.20. The zero-order valence-electron chi connectivity index (χ0n) is 19.1. The van der Waals surface area contributed by atoms with Crippen molar-refractivity contribution in [3.8, 4) is 11.5 Å². The maximum absolute atomic E-state index is 12.7. The minimum atomic E-state index is -3.78. The third-order valence-corrected chi connectivity index (χ3v) is 6.45. The van der Waals surface area contributed by atoms with E-state index >= 15 is 0 Å². The highest BCUT2D eigenvalue weighted by Crippen LogP contribution is 2.23. The van der Waals surface area contributed by atoms with Crippen molar-refractivity contribution in [2.45, 2.75) is 38.2 Å². The predicted molar refractivity (Wildman–Crippen MR) is 129 cm³/mol. The van der Waals surface area contributed by atoms with E-state index in [1.165, 1.54) is 19.2 Å². The Labute approximate surface area is 194 Å². The predicted octanol–water partition coefficient (Wildman–Crippen LogP) is 4.91. The molecule has 174 valence electrons. The summed E-state index contributed by atoms with van der Waals surface area (Å²) in [5.74, 6) is 0.999. The Kier molecular flexibility index (Phi) is 7.60. The van der Waals surface area contributed by atoms with Gasteiger partial charge < -0.3 is 14.8 Å². The number of aryl methyl sites for hydroxylation is 2. The van der Waals surface area contributed by atoms with Crippen LogP contribution in [0.5, 0.6) is 11.5 Å². The van der Waals surface area contributed by atoms with Crippen molar-refractivity contribution >= 4 is 27.3 Å². The van der Waals surface area contributed by atoms with Crippen LogP contribution in [0.25, 0.3) is 0 Å². The summed E-state index contributed by atoms with van der Waals surface area (Å²) in [6.45, 7) is 5.76. The Morgan fingerprint density at radius 3 is 2.18 bits per heavy atom. The second-order valence-corrected chi connectivity index (χ2v) is 9.31. The molecule has 0 aliphatic rings. The maximum atomic E-state index is 12.7. The van der Waals surface area contributed by atoms with Gasteiger partial charge >= 0.3 is 0 Å². The molecule has 0 spiro atoms. The molecule has 0 aromatic heterocycles. The van der Waals surface area contributed by atoms with Crippen molar-refractivity contribution in [3.63, 3.8) is 0 Å². The lowest BCUT2D eigenvalue weighted by Crippen LogP contribution is -2.32. The van der Waals surface area contributed by atoms with Gasteiger partial charge in [-0.2, -0.15) is 0 Å². The quantitative estimate of drug-likeness (QED) is 0.465. The second kappa shape index (κ2) is 10.4. The number of carbonyl (C=O) groups is 1. The van der Waals surface area contributed by atoms with Gasteiger partial charge in [0.25, 0.3) is 15.9 Å². The average Bonchev–Trinajstić information content (AvgIpc) is 2.80. The molecule has 0 fully saturated rings. The van der Waals surface area contributed by atoms with E-state index in [2.05, 4.69) is 10.0 Å². The highest BCUT2D eigenvalue weighted by molar-refractivity contribution is 7.92. The van der Waals surface area contributed by atoms with E-state index in [4.69, 9.17) is 9.47 Å². The summed E-state index contributed by atoms with van der Waals surface area (Å²) in [7, 11) is -2.24. The number of hydrogen-bond donors (Lipinski definition) is 2. The molecule has 1 unspecified atom stereocenters.